The molecule has 0 spiro atoms. The molecule has 2 N–H and O–H groups in total. The van der Waals surface area contributed by atoms with Crippen LogP contribution in [0.2, 0.25) is 0 Å². The monoisotopic (exact) mass is 582 g/mol. The van der Waals surface area contributed by atoms with Gasteiger partial charge in [0.15, 0.2) is 0 Å². The molecule has 0 fully saturated rings. The molecule has 1 amide bonds. The number of carbonyl (C=O) groups is 3. The van der Waals surface area contributed by atoms with E-state index in [1.54, 1.807) is 26.0 Å². The molecule has 0 unspecified atom stereocenters. The van der Waals surface area contributed by atoms with Crippen molar-refractivity contribution in [1.29, 1.82) is 5.41 Å². The van der Waals surface area contributed by atoms with Crippen LogP contribution in [0.5, 0.6) is 0 Å². The van der Waals surface area contributed by atoms with E-state index in [-0.39, 0.29) is 31.6 Å². The lowest BCUT2D eigenvalue weighted by Gasteiger charge is -2.11. The van der Waals surface area contributed by atoms with Crippen molar-refractivity contribution in [3.05, 3.63) is 102 Å². The Morgan fingerprint density at radius 2 is 1.58 bits per heavy atom. The van der Waals surface area contributed by atoms with E-state index in [0.717, 1.165) is 16.7 Å². The second kappa shape index (κ2) is 14.6. The third kappa shape index (κ3) is 8.62. The number of benzene rings is 3. The molecule has 222 valence electrons. The van der Waals surface area contributed by atoms with Crippen molar-refractivity contribution in [2.75, 3.05) is 6.79 Å². The van der Waals surface area contributed by atoms with Crippen LogP contribution in [0.25, 0.3) is 22.6 Å². The number of rotatable bonds is 11. The van der Waals surface area contributed by atoms with Crippen LogP contribution in [-0.2, 0) is 43.9 Å². The number of amides is 1. The maximum absolute atomic E-state index is 12.4. The predicted octanol–water partition coefficient (Wildman–Crippen LogP) is 5.64. The summed E-state index contributed by atoms with van der Waals surface area (Å²) in [7, 11) is 1.88. The van der Waals surface area contributed by atoms with Gasteiger partial charge >= 0.3 is 18.0 Å². The number of hydrogen-bond acceptors (Lipinski definition) is 8. The van der Waals surface area contributed by atoms with E-state index >= 15 is 0 Å². The summed E-state index contributed by atoms with van der Waals surface area (Å²) < 4.78 is 17.0. The molecule has 0 saturated heterocycles. The largest absolute Gasteiger partial charge is 0.444 e. The number of ether oxygens (including phenoxy) is 3. The topological polar surface area (TPSA) is 133 Å². The third-order valence-electron chi connectivity index (χ3n) is 6.51. The number of amidine groups is 1. The molecular weight excluding hydrogens is 548 g/mol. The molecule has 0 aliphatic rings. The molecule has 0 aliphatic heterocycles. The SMILES string of the molecule is CC(C)C(=O)OCOC(=O)CCc1ccc(-c2nc(-c3ccccc3C(=N)NC(=O)OCc3ccccc3)cn2C)cc1. The van der Waals surface area contributed by atoms with Crippen molar-refractivity contribution in [1.82, 2.24) is 14.9 Å². The second-order valence-corrected chi connectivity index (χ2v) is 10.1. The fraction of sp³-hybridized carbons (Fsp3) is 0.242. The van der Waals surface area contributed by atoms with Crippen LogP contribution in [-0.4, -0.2) is 40.2 Å². The number of aromatic nitrogens is 2. The summed E-state index contributed by atoms with van der Waals surface area (Å²) >= 11 is 0. The van der Waals surface area contributed by atoms with Gasteiger partial charge in [-0.05, 0) is 17.5 Å². The molecule has 0 radical (unpaired) electrons. The summed E-state index contributed by atoms with van der Waals surface area (Å²) in [4.78, 5) is 40.6. The fourth-order valence-electron chi connectivity index (χ4n) is 4.18. The molecule has 0 bridgehead atoms. The van der Waals surface area contributed by atoms with Crippen LogP contribution in [0.3, 0.4) is 0 Å². The molecule has 3 aromatic carbocycles. The quantitative estimate of drug-likeness (QED) is 0.101. The van der Waals surface area contributed by atoms with Crippen molar-refractivity contribution in [3.63, 3.8) is 0 Å². The van der Waals surface area contributed by atoms with Crippen LogP contribution >= 0.6 is 0 Å². The van der Waals surface area contributed by atoms with Crippen LogP contribution < -0.4 is 5.32 Å². The second-order valence-electron chi connectivity index (χ2n) is 10.1. The van der Waals surface area contributed by atoms with E-state index in [4.69, 9.17) is 24.6 Å². The first-order chi connectivity index (χ1) is 20.7. The smallest absolute Gasteiger partial charge is 0.413 e. The molecule has 43 heavy (non-hydrogen) atoms. The highest BCUT2D eigenvalue weighted by Gasteiger charge is 2.17. The Bertz CT molecular complexity index is 1580. The Kier molecular flexibility index (Phi) is 10.4. The Morgan fingerprint density at radius 1 is 0.884 bits per heavy atom. The van der Waals surface area contributed by atoms with Gasteiger partial charge in [-0.25, -0.2) is 9.78 Å². The summed E-state index contributed by atoms with van der Waals surface area (Å²) in [5.74, 6) is -0.532. The molecule has 0 atom stereocenters. The van der Waals surface area contributed by atoms with Gasteiger partial charge in [0.1, 0.15) is 18.3 Å². The fourth-order valence-corrected chi connectivity index (χ4v) is 4.18. The molecule has 0 saturated carbocycles. The zero-order valence-electron chi connectivity index (χ0n) is 24.3. The lowest BCUT2D eigenvalue weighted by molar-refractivity contribution is -0.169. The van der Waals surface area contributed by atoms with E-state index in [1.807, 2.05) is 84.5 Å². The van der Waals surface area contributed by atoms with Gasteiger partial charge in [0, 0.05) is 36.4 Å². The molecule has 4 rings (SSSR count). The Balaban J connectivity index is 1.37. The standard InChI is InChI=1S/C33H34N4O6/c1-22(2)32(39)43-21-42-29(38)18-15-23-13-16-25(17-14-23)31-35-28(19-37(31)3)26-11-7-8-12-27(26)30(34)36-33(40)41-20-24-9-5-4-6-10-24/h4-14,16-17,19,22H,15,18,20-21H2,1-3H3,(H2,34,36,40). The van der Waals surface area contributed by atoms with Crippen molar-refractivity contribution < 1.29 is 28.6 Å². The highest BCUT2D eigenvalue weighted by atomic mass is 16.7. The Morgan fingerprint density at radius 3 is 2.30 bits per heavy atom. The van der Waals surface area contributed by atoms with Gasteiger partial charge in [0.05, 0.1) is 11.6 Å². The summed E-state index contributed by atoms with van der Waals surface area (Å²) in [6.07, 6.45) is 1.78. The van der Waals surface area contributed by atoms with E-state index in [0.29, 0.717) is 29.1 Å². The number of alkyl carbamates (subject to hydrolysis) is 1. The van der Waals surface area contributed by atoms with Crippen LogP contribution in [0.15, 0.2) is 85.1 Å². The van der Waals surface area contributed by atoms with E-state index in [2.05, 4.69) is 5.32 Å². The summed E-state index contributed by atoms with van der Waals surface area (Å²) in [6.45, 7) is 3.13. The number of carbonyl (C=O) groups excluding carboxylic acids is 3. The maximum atomic E-state index is 12.4. The number of imidazole rings is 1. The number of esters is 2. The zero-order chi connectivity index (χ0) is 30.8. The first-order valence-electron chi connectivity index (χ1n) is 13.8. The average Bonchev–Trinajstić information content (AvgIpc) is 3.40. The van der Waals surface area contributed by atoms with Crippen molar-refractivity contribution in [3.8, 4) is 22.6 Å². The Hall–Kier alpha value is -5.25. The van der Waals surface area contributed by atoms with Crippen molar-refractivity contribution in [2.45, 2.75) is 33.3 Å². The zero-order valence-corrected chi connectivity index (χ0v) is 24.3. The summed E-state index contributed by atoms with van der Waals surface area (Å²) in [5, 5.41) is 11.0. The van der Waals surface area contributed by atoms with Gasteiger partial charge in [-0.3, -0.25) is 20.3 Å². The van der Waals surface area contributed by atoms with Gasteiger partial charge in [-0.1, -0.05) is 92.7 Å². The number of aryl methyl sites for hydroxylation is 2. The van der Waals surface area contributed by atoms with Crippen molar-refractivity contribution in [2.24, 2.45) is 13.0 Å². The average molecular weight is 583 g/mol. The normalized spacial score (nSPS) is 10.7. The summed E-state index contributed by atoms with van der Waals surface area (Å²) in [5.41, 5.74) is 4.50. The highest BCUT2D eigenvalue weighted by Crippen LogP contribution is 2.27. The molecule has 1 heterocycles. The van der Waals surface area contributed by atoms with Gasteiger partial charge < -0.3 is 18.8 Å². The lowest BCUT2D eigenvalue weighted by atomic mass is 10.0. The first-order valence-corrected chi connectivity index (χ1v) is 13.8. The minimum absolute atomic E-state index is 0.0955. The Labute approximate surface area is 250 Å². The molecule has 10 heteroatoms. The lowest BCUT2D eigenvalue weighted by Crippen LogP contribution is -2.31. The van der Waals surface area contributed by atoms with Gasteiger partial charge in [0.25, 0.3) is 0 Å². The van der Waals surface area contributed by atoms with Gasteiger partial charge in [0.2, 0.25) is 6.79 Å². The maximum Gasteiger partial charge on any atom is 0.413 e. The molecule has 4 aromatic rings. The van der Waals surface area contributed by atoms with E-state index in [9.17, 15) is 14.4 Å². The number of hydrogen-bond donors (Lipinski definition) is 2. The summed E-state index contributed by atoms with van der Waals surface area (Å²) in [6, 6.07) is 24.2. The van der Waals surface area contributed by atoms with Crippen molar-refractivity contribution >= 4 is 23.9 Å². The molecular formula is C33H34N4O6. The number of nitrogens with one attached hydrogen (secondary N) is 2. The van der Waals surface area contributed by atoms with Gasteiger partial charge in [-0.2, -0.15) is 0 Å². The van der Waals surface area contributed by atoms with Gasteiger partial charge in [-0.15, -0.1) is 0 Å². The molecule has 1 aromatic heterocycles. The first kappa shape index (κ1) is 30.7. The van der Waals surface area contributed by atoms with Crippen LogP contribution in [0.4, 0.5) is 4.79 Å². The molecule has 10 nitrogen and oxygen atoms in total. The molecule has 0 aliphatic carbocycles. The van der Waals surface area contributed by atoms with Crippen LogP contribution in [0, 0.1) is 11.3 Å². The number of nitrogens with zero attached hydrogens (tertiary/aromatic N) is 2. The predicted molar refractivity (Wildman–Crippen MR) is 161 cm³/mol. The van der Waals surface area contributed by atoms with E-state index < -0.39 is 18.0 Å². The van der Waals surface area contributed by atoms with E-state index in [1.165, 1.54) is 0 Å². The third-order valence-corrected chi connectivity index (χ3v) is 6.51. The van der Waals surface area contributed by atoms with Crippen LogP contribution in [0.1, 0.15) is 37.0 Å². The minimum Gasteiger partial charge on any atom is -0.444 e. The highest BCUT2D eigenvalue weighted by molar-refractivity contribution is 6.08. The minimum atomic E-state index is -0.715.